The first-order chi connectivity index (χ1) is 12.6. The normalized spacial score (nSPS) is 16.2. The van der Waals surface area contributed by atoms with E-state index in [1.807, 2.05) is 12.1 Å². The molecule has 136 valence electrons. The molecule has 0 spiro atoms. The maximum Gasteiger partial charge on any atom is 0.338 e. The number of amides is 1. The molecule has 1 aliphatic rings. The van der Waals surface area contributed by atoms with Crippen LogP contribution in [0.25, 0.3) is 11.1 Å². The summed E-state index contributed by atoms with van der Waals surface area (Å²) < 4.78 is 15.3. The van der Waals surface area contributed by atoms with Gasteiger partial charge in [-0.15, -0.1) is 0 Å². The number of nitrogens with one attached hydrogen (secondary N) is 1. The standard InChI is InChI=1S/C20H21NO5/c1-24-16-7-8-17(18(11-16)20(23)25-2)13-3-5-14(6-4-13)19(22)21-15-9-10-26-12-15/h3-8,11,15H,9-10,12H2,1-2H3,(H,21,22)/t15-/m1/s1. The van der Waals surface area contributed by atoms with Gasteiger partial charge in [-0.25, -0.2) is 4.79 Å². The van der Waals surface area contributed by atoms with Crippen LogP contribution in [-0.2, 0) is 9.47 Å². The molecule has 0 saturated carbocycles. The Morgan fingerprint density at radius 2 is 1.88 bits per heavy atom. The number of esters is 1. The lowest BCUT2D eigenvalue weighted by molar-refractivity contribution is 0.0601. The van der Waals surface area contributed by atoms with E-state index in [4.69, 9.17) is 14.2 Å². The molecule has 1 aliphatic heterocycles. The van der Waals surface area contributed by atoms with Crippen LogP contribution >= 0.6 is 0 Å². The maximum absolute atomic E-state index is 12.3. The van der Waals surface area contributed by atoms with Crippen molar-refractivity contribution in [3.05, 3.63) is 53.6 Å². The first-order valence-corrected chi connectivity index (χ1v) is 8.37. The zero-order valence-corrected chi connectivity index (χ0v) is 14.8. The average molecular weight is 355 g/mol. The highest BCUT2D eigenvalue weighted by molar-refractivity contribution is 5.99. The van der Waals surface area contributed by atoms with E-state index in [-0.39, 0.29) is 11.9 Å². The topological polar surface area (TPSA) is 73.9 Å². The molecule has 1 atom stereocenters. The van der Waals surface area contributed by atoms with Crippen molar-refractivity contribution in [1.29, 1.82) is 0 Å². The lowest BCUT2D eigenvalue weighted by Crippen LogP contribution is -2.34. The molecular formula is C20H21NO5. The molecule has 0 bridgehead atoms. The number of hydrogen-bond donors (Lipinski definition) is 1. The molecule has 0 aliphatic carbocycles. The molecule has 1 fully saturated rings. The molecule has 26 heavy (non-hydrogen) atoms. The van der Waals surface area contributed by atoms with Gasteiger partial charge in [0.05, 0.1) is 32.4 Å². The summed E-state index contributed by atoms with van der Waals surface area (Å²) in [5.41, 5.74) is 2.50. The van der Waals surface area contributed by atoms with E-state index < -0.39 is 5.97 Å². The summed E-state index contributed by atoms with van der Waals surface area (Å²) in [4.78, 5) is 24.4. The Balaban J connectivity index is 1.84. The molecule has 0 aromatic heterocycles. The second-order valence-corrected chi connectivity index (χ2v) is 6.01. The van der Waals surface area contributed by atoms with Crippen molar-refractivity contribution in [2.45, 2.75) is 12.5 Å². The van der Waals surface area contributed by atoms with Gasteiger partial charge in [-0.05, 0) is 47.9 Å². The smallest absolute Gasteiger partial charge is 0.338 e. The van der Waals surface area contributed by atoms with Crippen molar-refractivity contribution in [3.63, 3.8) is 0 Å². The van der Waals surface area contributed by atoms with Crippen LogP contribution in [0.3, 0.4) is 0 Å². The van der Waals surface area contributed by atoms with Crippen molar-refractivity contribution in [2.75, 3.05) is 27.4 Å². The van der Waals surface area contributed by atoms with E-state index in [0.717, 1.165) is 12.0 Å². The molecule has 1 saturated heterocycles. The second-order valence-electron chi connectivity index (χ2n) is 6.01. The third kappa shape index (κ3) is 3.86. The highest BCUT2D eigenvalue weighted by atomic mass is 16.5. The molecule has 2 aromatic carbocycles. The molecule has 6 nitrogen and oxygen atoms in total. The largest absolute Gasteiger partial charge is 0.497 e. The highest BCUT2D eigenvalue weighted by Crippen LogP contribution is 2.28. The summed E-state index contributed by atoms with van der Waals surface area (Å²) >= 11 is 0. The van der Waals surface area contributed by atoms with Crippen LogP contribution in [0.5, 0.6) is 5.75 Å². The van der Waals surface area contributed by atoms with Crippen LogP contribution in [-0.4, -0.2) is 45.4 Å². The van der Waals surface area contributed by atoms with E-state index in [0.29, 0.717) is 35.7 Å². The van der Waals surface area contributed by atoms with Crippen molar-refractivity contribution in [2.24, 2.45) is 0 Å². The molecule has 6 heteroatoms. The lowest BCUT2D eigenvalue weighted by Gasteiger charge is -2.12. The van der Waals surface area contributed by atoms with Crippen LogP contribution in [0.2, 0.25) is 0 Å². The molecule has 1 amide bonds. The number of carbonyl (C=O) groups excluding carboxylic acids is 2. The predicted octanol–water partition coefficient (Wildman–Crippen LogP) is 2.67. The van der Waals surface area contributed by atoms with Gasteiger partial charge in [-0.2, -0.15) is 0 Å². The number of rotatable bonds is 5. The Morgan fingerprint density at radius 1 is 1.12 bits per heavy atom. The van der Waals surface area contributed by atoms with Crippen molar-refractivity contribution >= 4 is 11.9 Å². The van der Waals surface area contributed by atoms with E-state index >= 15 is 0 Å². The average Bonchev–Trinajstić information content (AvgIpc) is 3.20. The Labute approximate surface area is 152 Å². The van der Waals surface area contributed by atoms with Gasteiger partial charge in [0.25, 0.3) is 5.91 Å². The minimum absolute atomic E-state index is 0.0645. The zero-order valence-electron chi connectivity index (χ0n) is 14.8. The van der Waals surface area contributed by atoms with E-state index in [2.05, 4.69) is 5.32 Å². The molecular weight excluding hydrogens is 334 g/mol. The summed E-state index contributed by atoms with van der Waals surface area (Å²) in [6, 6.07) is 12.4. The van der Waals surface area contributed by atoms with Gasteiger partial charge in [0, 0.05) is 12.2 Å². The van der Waals surface area contributed by atoms with Gasteiger partial charge in [0.15, 0.2) is 0 Å². The van der Waals surface area contributed by atoms with Gasteiger partial charge in [0.1, 0.15) is 5.75 Å². The third-order valence-corrected chi connectivity index (χ3v) is 4.36. The summed E-state index contributed by atoms with van der Waals surface area (Å²) in [6.45, 7) is 1.23. The van der Waals surface area contributed by atoms with Gasteiger partial charge in [-0.1, -0.05) is 12.1 Å². The maximum atomic E-state index is 12.3. The molecule has 1 heterocycles. The fourth-order valence-electron chi connectivity index (χ4n) is 2.90. The number of benzene rings is 2. The Kier molecular flexibility index (Phi) is 5.53. The van der Waals surface area contributed by atoms with Crippen molar-refractivity contribution < 1.29 is 23.8 Å². The number of methoxy groups -OCH3 is 2. The minimum Gasteiger partial charge on any atom is -0.497 e. The van der Waals surface area contributed by atoms with Crippen LogP contribution in [0.1, 0.15) is 27.1 Å². The molecule has 3 rings (SSSR count). The molecule has 1 N–H and O–H groups in total. The molecule has 2 aromatic rings. The molecule has 0 unspecified atom stereocenters. The van der Waals surface area contributed by atoms with Crippen molar-refractivity contribution in [1.82, 2.24) is 5.32 Å². The second kappa shape index (κ2) is 8.01. The number of hydrogen-bond acceptors (Lipinski definition) is 5. The van der Waals surface area contributed by atoms with Gasteiger partial charge < -0.3 is 19.5 Å². The summed E-state index contributed by atoms with van der Waals surface area (Å²) in [7, 11) is 2.88. The van der Waals surface area contributed by atoms with Gasteiger partial charge in [0.2, 0.25) is 0 Å². The fourth-order valence-corrected chi connectivity index (χ4v) is 2.90. The predicted molar refractivity (Wildman–Crippen MR) is 96.5 cm³/mol. The first-order valence-electron chi connectivity index (χ1n) is 8.37. The first kappa shape index (κ1) is 17.9. The van der Waals surface area contributed by atoms with Crippen LogP contribution in [0.15, 0.2) is 42.5 Å². The SMILES string of the molecule is COC(=O)c1cc(OC)ccc1-c1ccc(C(=O)N[C@@H]2CCOC2)cc1. The summed E-state index contributed by atoms with van der Waals surface area (Å²) in [5.74, 6) is 0.000792. The Bertz CT molecular complexity index is 794. The summed E-state index contributed by atoms with van der Waals surface area (Å²) in [6.07, 6.45) is 0.832. The van der Waals surface area contributed by atoms with Gasteiger partial charge in [-0.3, -0.25) is 4.79 Å². The monoisotopic (exact) mass is 355 g/mol. The Hall–Kier alpha value is -2.86. The van der Waals surface area contributed by atoms with E-state index in [1.165, 1.54) is 7.11 Å². The van der Waals surface area contributed by atoms with Crippen molar-refractivity contribution in [3.8, 4) is 16.9 Å². The Morgan fingerprint density at radius 3 is 2.50 bits per heavy atom. The summed E-state index contributed by atoms with van der Waals surface area (Å²) in [5, 5.41) is 2.95. The minimum atomic E-state index is -0.443. The van der Waals surface area contributed by atoms with E-state index in [1.54, 1.807) is 37.4 Å². The van der Waals surface area contributed by atoms with Gasteiger partial charge >= 0.3 is 5.97 Å². The highest BCUT2D eigenvalue weighted by Gasteiger charge is 2.19. The third-order valence-electron chi connectivity index (χ3n) is 4.36. The zero-order chi connectivity index (χ0) is 18.5. The van der Waals surface area contributed by atoms with Crippen LogP contribution < -0.4 is 10.1 Å². The molecule has 0 radical (unpaired) electrons. The van der Waals surface area contributed by atoms with Crippen LogP contribution in [0.4, 0.5) is 0 Å². The number of carbonyl (C=O) groups is 2. The van der Waals surface area contributed by atoms with Crippen LogP contribution in [0, 0.1) is 0 Å². The quantitative estimate of drug-likeness (QED) is 0.835. The number of ether oxygens (including phenoxy) is 3. The van der Waals surface area contributed by atoms with E-state index in [9.17, 15) is 9.59 Å². The fraction of sp³-hybridized carbons (Fsp3) is 0.300. The lowest BCUT2D eigenvalue weighted by atomic mass is 9.98.